The van der Waals surface area contributed by atoms with E-state index in [2.05, 4.69) is 44.8 Å². The van der Waals surface area contributed by atoms with E-state index in [0.717, 1.165) is 16.2 Å². The fraction of sp³-hybridized carbons (Fsp3) is 0.357. The summed E-state index contributed by atoms with van der Waals surface area (Å²) in [7, 11) is 0. The van der Waals surface area contributed by atoms with E-state index >= 15 is 0 Å². The predicted octanol–water partition coefficient (Wildman–Crippen LogP) is 4.49. The van der Waals surface area contributed by atoms with Crippen molar-refractivity contribution in [3.05, 3.63) is 40.5 Å². The number of nitrogens with zero attached hydrogens (tertiary/aromatic N) is 1. The summed E-state index contributed by atoms with van der Waals surface area (Å²) in [6, 6.07) is 8.14. The van der Waals surface area contributed by atoms with E-state index < -0.39 is 0 Å². The van der Waals surface area contributed by atoms with Crippen LogP contribution in [-0.4, -0.2) is 4.98 Å². The number of hydrogen-bond acceptors (Lipinski definition) is 1. The molecule has 0 radical (unpaired) electrons. The molecule has 1 aromatic heterocycles. The third-order valence-corrected chi connectivity index (χ3v) is 2.97. The van der Waals surface area contributed by atoms with Crippen molar-refractivity contribution in [1.82, 2.24) is 4.98 Å². The summed E-state index contributed by atoms with van der Waals surface area (Å²) in [5.41, 5.74) is 3.33. The van der Waals surface area contributed by atoms with Gasteiger partial charge in [-0.1, -0.05) is 38.4 Å². The molecular weight excluding hydrogens is 218 g/mol. The van der Waals surface area contributed by atoms with Crippen molar-refractivity contribution in [1.29, 1.82) is 0 Å². The fourth-order valence-electron chi connectivity index (χ4n) is 1.79. The van der Waals surface area contributed by atoms with Crippen molar-refractivity contribution >= 4 is 22.5 Å². The molecule has 0 aliphatic heterocycles. The molecular formula is C14H16ClN. The molecule has 84 valence electrons. The lowest BCUT2D eigenvalue weighted by Gasteiger charge is -2.18. The Morgan fingerprint density at radius 1 is 1.12 bits per heavy atom. The molecule has 0 N–H and O–H groups in total. The van der Waals surface area contributed by atoms with E-state index in [9.17, 15) is 0 Å². The molecule has 0 atom stereocenters. The van der Waals surface area contributed by atoms with Gasteiger partial charge in [0, 0.05) is 21.5 Å². The Hall–Kier alpha value is -1.08. The Balaban J connectivity index is 2.71. The van der Waals surface area contributed by atoms with Crippen molar-refractivity contribution in [2.24, 2.45) is 0 Å². The Morgan fingerprint density at radius 3 is 2.44 bits per heavy atom. The van der Waals surface area contributed by atoms with E-state index in [4.69, 9.17) is 11.6 Å². The zero-order valence-corrected chi connectivity index (χ0v) is 10.9. The second-order valence-corrected chi connectivity index (χ2v) is 5.67. The highest BCUT2D eigenvalue weighted by Gasteiger charge is 2.15. The smallest absolute Gasteiger partial charge is 0.0723 e. The molecule has 2 heteroatoms. The molecule has 0 spiro atoms. The quantitative estimate of drug-likeness (QED) is 0.653. The van der Waals surface area contributed by atoms with Gasteiger partial charge in [0.1, 0.15) is 0 Å². The van der Waals surface area contributed by atoms with Gasteiger partial charge in [0.05, 0.1) is 5.52 Å². The summed E-state index contributed by atoms with van der Waals surface area (Å²) in [5, 5.41) is 1.93. The van der Waals surface area contributed by atoms with E-state index in [1.54, 1.807) is 0 Å². The second kappa shape index (κ2) is 3.74. The van der Waals surface area contributed by atoms with E-state index in [-0.39, 0.29) is 5.41 Å². The Kier molecular flexibility index (Phi) is 2.67. The van der Waals surface area contributed by atoms with Crippen LogP contribution in [-0.2, 0) is 5.41 Å². The minimum Gasteiger partial charge on any atom is -0.252 e. The lowest BCUT2D eigenvalue weighted by molar-refractivity contribution is 0.571. The number of rotatable bonds is 0. The lowest BCUT2D eigenvalue weighted by atomic mass is 9.91. The van der Waals surface area contributed by atoms with Crippen LogP contribution in [0.15, 0.2) is 24.3 Å². The molecule has 1 heterocycles. The number of benzene rings is 1. The van der Waals surface area contributed by atoms with Crippen LogP contribution in [0.5, 0.6) is 0 Å². The molecule has 0 amide bonds. The maximum absolute atomic E-state index is 6.05. The number of halogens is 1. The maximum Gasteiger partial charge on any atom is 0.0723 e. The summed E-state index contributed by atoms with van der Waals surface area (Å²) in [5.74, 6) is 0. The van der Waals surface area contributed by atoms with Crippen LogP contribution >= 0.6 is 11.6 Å². The van der Waals surface area contributed by atoms with Crippen LogP contribution in [0, 0.1) is 6.92 Å². The molecule has 1 aromatic carbocycles. The monoisotopic (exact) mass is 233 g/mol. The molecule has 0 saturated carbocycles. The first-order valence-corrected chi connectivity index (χ1v) is 5.83. The summed E-state index contributed by atoms with van der Waals surface area (Å²) >= 11 is 6.05. The standard InChI is InChI=1S/C14H16ClN/c1-9-7-10(15)8-12-11(9)5-6-13(16-12)14(2,3)4/h5-8H,1-4H3. The van der Waals surface area contributed by atoms with Crippen LogP contribution in [0.2, 0.25) is 5.02 Å². The minimum atomic E-state index is 0.0738. The van der Waals surface area contributed by atoms with Gasteiger partial charge >= 0.3 is 0 Å². The number of aromatic nitrogens is 1. The van der Waals surface area contributed by atoms with Crippen LogP contribution in [0.4, 0.5) is 0 Å². The Morgan fingerprint density at radius 2 is 1.81 bits per heavy atom. The topological polar surface area (TPSA) is 12.9 Å². The molecule has 0 aliphatic carbocycles. The first-order chi connectivity index (χ1) is 7.38. The fourth-order valence-corrected chi connectivity index (χ4v) is 2.06. The third kappa shape index (κ3) is 2.05. The molecule has 16 heavy (non-hydrogen) atoms. The molecule has 0 fully saturated rings. The van der Waals surface area contributed by atoms with Gasteiger partial charge in [-0.15, -0.1) is 0 Å². The van der Waals surface area contributed by atoms with Crippen molar-refractivity contribution in [3.63, 3.8) is 0 Å². The van der Waals surface area contributed by atoms with Crippen molar-refractivity contribution in [2.75, 3.05) is 0 Å². The second-order valence-electron chi connectivity index (χ2n) is 5.24. The van der Waals surface area contributed by atoms with Gasteiger partial charge in [-0.3, -0.25) is 4.98 Å². The predicted molar refractivity (Wildman–Crippen MR) is 70.2 cm³/mol. The molecule has 1 nitrogen and oxygen atoms in total. The van der Waals surface area contributed by atoms with Crippen molar-refractivity contribution in [3.8, 4) is 0 Å². The SMILES string of the molecule is Cc1cc(Cl)cc2nc(C(C)(C)C)ccc12. The van der Waals surface area contributed by atoms with E-state index in [1.807, 2.05) is 12.1 Å². The average Bonchev–Trinajstić information content (AvgIpc) is 2.15. The number of pyridine rings is 1. The number of hydrogen-bond donors (Lipinski definition) is 0. The molecule has 0 unspecified atom stereocenters. The maximum atomic E-state index is 6.05. The van der Waals surface area contributed by atoms with Gasteiger partial charge in [-0.05, 0) is 30.7 Å². The number of aryl methyl sites for hydroxylation is 1. The largest absolute Gasteiger partial charge is 0.252 e. The van der Waals surface area contributed by atoms with Crippen molar-refractivity contribution < 1.29 is 0 Å². The molecule has 0 saturated heterocycles. The summed E-state index contributed by atoms with van der Waals surface area (Å²) in [6.45, 7) is 8.56. The zero-order valence-electron chi connectivity index (χ0n) is 10.1. The molecule has 2 rings (SSSR count). The summed E-state index contributed by atoms with van der Waals surface area (Å²) < 4.78 is 0. The van der Waals surface area contributed by atoms with Gasteiger partial charge in [0.25, 0.3) is 0 Å². The highest BCUT2D eigenvalue weighted by atomic mass is 35.5. The van der Waals surface area contributed by atoms with Gasteiger partial charge in [-0.2, -0.15) is 0 Å². The minimum absolute atomic E-state index is 0.0738. The van der Waals surface area contributed by atoms with Crippen LogP contribution in [0.1, 0.15) is 32.0 Å². The number of fused-ring (bicyclic) bond motifs is 1. The molecule has 0 bridgehead atoms. The van der Waals surface area contributed by atoms with Crippen LogP contribution in [0.3, 0.4) is 0 Å². The van der Waals surface area contributed by atoms with E-state index in [1.165, 1.54) is 10.9 Å². The summed E-state index contributed by atoms with van der Waals surface area (Å²) in [6.07, 6.45) is 0. The molecule has 0 aliphatic rings. The Bertz CT molecular complexity index is 538. The van der Waals surface area contributed by atoms with Crippen LogP contribution in [0.25, 0.3) is 10.9 Å². The summed E-state index contributed by atoms with van der Waals surface area (Å²) in [4.78, 5) is 4.68. The highest BCUT2D eigenvalue weighted by Crippen LogP contribution is 2.26. The van der Waals surface area contributed by atoms with Crippen molar-refractivity contribution in [2.45, 2.75) is 33.1 Å². The Labute approximate surface area is 101 Å². The highest BCUT2D eigenvalue weighted by molar-refractivity contribution is 6.31. The lowest BCUT2D eigenvalue weighted by Crippen LogP contribution is -2.13. The van der Waals surface area contributed by atoms with Gasteiger partial charge < -0.3 is 0 Å². The third-order valence-electron chi connectivity index (χ3n) is 2.75. The van der Waals surface area contributed by atoms with Gasteiger partial charge in [0.15, 0.2) is 0 Å². The average molecular weight is 234 g/mol. The van der Waals surface area contributed by atoms with Gasteiger partial charge in [-0.25, -0.2) is 0 Å². The normalized spacial score (nSPS) is 12.1. The molecule has 2 aromatic rings. The first kappa shape index (κ1) is 11.4. The zero-order chi connectivity index (χ0) is 11.9. The van der Waals surface area contributed by atoms with E-state index in [0.29, 0.717) is 0 Å². The first-order valence-electron chi connectivity index (χ1n) is 5.45. The van der Waals surface area contributed by atoms with Gasteiger partial charge in [0.2, 0.25) is 0 Å². The van der Waals surface area contributed by atoms with Crippen LogP contribution < -0.4 is 0 Å².